The van der Waals surface area contributed by atoms with Gasteiger partial charge in [-0.3, -0.25) is 13.9 Å². The number of sulfonamides is 1. The number of anilines is 3. The van der Waals surface area contributed by atoms with Crippen LogP contribution in [0.1, 0.15) is 23.2 Å². The second kappa shape index (κ2) is 7.40. The highest BCUT2D eigenvalue weighted by atomic mass is 32.2. The summed E-state index contributed by atoms with van der Waals surface area (Å²) in [5.74, 6) is -0.357. The Morgan fingerprint density at radius 1 is 1.15 bits per heavy atom. The molecule has 1 fully saturated rings. The number of para-hydroxylation sites is 1. The maximum Gasteiger partial charge on any atom is 0.257 e. The lowest BCUT2D eigenvalue weighted by Crippen LogP contribution is -2.27. The number of hydrogen-bond acceptors (Lipinski definition) is 4. The molecule has 0 spiro atoms. The van der Waals surface area contributed by atoms with E-state index in [0.717, 1.165) is 22.7 Å². The third-order valence-electron chi connectivity index (χ3n) is 4.47. The lowest BCUT2D eigenvalue weighted by molar-refractivity contribution is -0.117. The molecule has 8 heteroatoms. The minimum absolute atomic E-state index is 0.0681. The van der Waals surface area contributed by atoms with Crippen molar-refractivity contribution < 1.29 is 18.0 Å². The van der Waals surface area contributed by atoms with Gasteiger partial charge in [-0.2, -0.15) is 0 Å². The van der Waals surface area contributed by atoms with Crippen molar-refractivity contribution in [1.82, 2.24) is 0 Å². The van der Waals surface area contributed by atoms with E-state index in [1.54, 1.807) is 47.4 Å². The van der Waals surface area contributed by atoms with Crippen molar-refractivity contribution in [3.05, 3.63) is 54.1 Å². The number of carbonyl (C=O) groups excluding carboxylic acids is 2. The van der Waals surface area contributed by atoms with Gasteiger partial charge in [-0.1, -0.05) is 18.2 Å². The normalized spacial score (nSPS) is 14.3. The van der Waals surface area contributed by atoms with Crippen LogP contribution in [0, 0.1) is 0 Å². The van der Waals surface area contributed by atoms with Crippen molar-refractivity contribution in [1.29, 1.82) is 0 Å². The van der Waals surface area contributed by atoms with E-state index in [-0.39, 0.29) is 11.5 Å². The average molecular weight is 387 g/mol. The van der Waals surface area contributed by atoms with Crippen LogP contribution in [-0.4, -0.2) is 40.1 Å². The van der Waals surface area contributed by atoms with Crippen LogP contribution < -0.4 is 14.5 Å². The highest BCUT2D eigenvalue weighted by Gasteiger charge is 2.22. The molecule has 0 bridgehead atoms. The number of hydrogen-bond donors (Lipinski definition) is 1. The Labute approximate surface area is 158 Å². The molecule has 0 saturated carbocycles. The minimum atomic E-state index is -3.50. The van der Waals surface area contributed by atoms with Crippen LogP contribution in [0.25, 0.3) is 0 Å². The van der Waals surface area contributed by atoms with Crippen molar-refractivity contribution >= 4 is 38.9 Å². The molecule has 0 aromatic heterocycles. The molecule has 1 saturated heterocycles. The number of nitrogens with one attached hydrogen (secondary N) is 1. The fourth-order valence-corrected chi connectivity index (χ4v) is 3.51. The molecule has 0 radical (unpaired) electrons. The lowest BCUT2D eigenvalue weighted by Gasteiger charge is -2.20. The van der Waals surface area contributed by atoms with Crippen molar-refractivity contribution in [2.75, 3.05) is 34.4 Å². The number of benzene rings is 2. The van der Waals surface area contributed by atoms with Gasteiger partial charge in [-0.05, 0) is 36.8 Å². The van der Waals surface area contributed by atoms with Gasteiger partial charge >= 0.3 is 0 Å². The summed E-state index contributed by atoms with van der Waals surface area (Å²) in [6, 6.07) is 13.6. The molecule has 142 valence electrons. The van der Waals surface area contributed by atoms with E-state index in [4.69, 9.17) is 0 Å². The van der Waals surface area contributed by atoms with Gasteiger partial charge in [0.05, 0.1) is 17.5 Å². The Hall–Kier alpha value is -2.87. The minimum Gasteiger partial charge on any atom is -0.322 e. The first kappa shape index (κ1) is 18.9. The second-order valence-corrected chi connectivity index (χ2v) is 8.41. The van der Waals surface area contributed by atoms with Crippen LogP contribution in [0.2, 0.25) is 0 Å². The molecule has 0 aliphatic carbocycles. The average Bonchev–Trinajstić information content (AvgIpc) is 3.06. The number of carbonyl (C=O) groups is 2. The van der Waals surface area contributed by atoms with Gasteiger partial charge in [0.2, 0.25) is 15.9 Å². The predicted octanol–water partition coefficient (Wildman–Crippen LogP) is 2.46. The van der Waals surface area contributed by atoms with E-state index in [1.807, 2.05) is 6.07 Å². The third kappa shape index (κ3) is 4.11. The maximum absolute atomic E-state index is 12.8. The van der Waals surface area contributed by atoms with Gasteiger partial charge in [-0.25, -0.2) is 8.42 Å². The van der Waals surface area contributed by atoms with Gasteiger partial charge in [0, 0.05) is 31.4 Å². The summed E-state index contributed by atoms with van der Waals surface area (Å²) >= 11 is 0. The second-order valence-electron chi connectivity index (χ2n) is 6.40. The third-order valence-corrected chi connectivity index (χ3v) is 5.67. The molecule has 7 nitrogen and oxygen atoms in total. The zero-order valence-corrected chi connectivity index (χ0v) is 16.0. The molecule has 1 heterocycles. The quantitative estimate of drug-likeness (QED) is 0.854. The zero-order chi connectivity index (χ0) is 19.6. The van der Waals surface area contributed by atoms with Gasteiger partial charge in [0.25, 0.3) is 5.91 Å². The van der Waals surface area contributed by atoms with Gasteiger partial charge in [-0.15, -0.1) is 0 Å². The summed E-state index contributed by atoms with van der Waals surface area (Å²) in [4.78, 5) is 26.4. The monoisotopic (exact) mass is 387 g/mol. The zero-order valence-electron chi connectivity index (χ0n) is 15.2. The SMILES string of the molecule is CN(c1ccccc1C(=O)Nc1cccc(N2CCCC2=O)c1)S(C)(=O)=O. The van der Waals surface area contributed by atoms with Crippen LogP contribution in [0.15, 0.2) is 48.5 Å². The van der Waals surface area contributed by atoms with E-state index >= 15 is 0 Å². The molecule has 2 amide bonds. The fourth-order valence-electron chi connectivity index (χ4n) is 2.99. The van der Waals surface area contributed by atoms with Crippen LogP contribution in [0.3, 0.4) is 0 Å². The maximum atomic E-state index is 12.8. The smallest absolute Gasteiger partial charge is 0.257 e. The van der Waals surface area contributed by atoms with Crippen LogP contribution in [0.4, 0.5) is 17.1 Å². The largest absolute Gasteiger partial charge is 0.322 e. The molecule has 2 aromatic rings. The highest BCUT2D eigenvalue weighted by molar-refractivity contribution is 7.92. The number of nitrogens with zero attached hydrogens (tertiary/aromatic N) is 2. The lowest BCUT2D eigenvalue weighted by atomic mass is 10.1. The first-order valence-electron chi connectivity index (χ1n) is 8.52. The first-order chi connectivity index (χ1) is 12.8. The molecule has 27 heavy (non-hydrogen) atoms. The standard InChI is InChI=1S/C19H21N3O4S/c1-21(27(2,25)26)17-10-4-3-9-16(17)19(24)20-14-7-5-8-15(13-14)22-12-6-11-18(22)23/h3-5,7-10,13H,6,11-12H2,1-2H3,(H,20,24). The van der Waals surface area contributed by atoms with Crippen LogP contribution in [0.5, 0.6) is 0 Å². The first-order valence-corrected chi connectivity index (χ1v) is 10.4. The van der Waals surface area contributed by atoms with E-state index in [1.165, 1.54) is 7.05 Å². The molecule has 1 aliphatic heterocycles. The highest BCUT2D eigenvalue weighted by Crippen LogP contribution is 2.26. The van der Waals surface area contributed by atoms with E-state index in [2.05, 4.69) is 5.32 Å². The molecule has 3 rings (SSSR count). The van der Waals surface area contributed by atoms with E-state index in [0.29, 0.717) is 24.3 Å². The van der Waals surface area contributed by atoms with Crippen LogP contribution in [-0.2, 0) is 14.8 Å². The molecular formula is C19H21N3O4S. The van der Waals surface area contributed by atoms with E-state index < -0.39 is 15.9 Å². The Morgan fingerprint density at radius 2 is 1.89 bits per heavy atom. The fraction of sp³-hybridized carbons (Fsp3) is 0.263. The Kier molecular flexibility index (Phi) is 5.18. The Balaban J connectivity index is 1.86. The number of rotatable bonds is 5. The van der Waals surface area contributed by atoms with Crippen LogP contribution >= 0.6 is 0 Å². The Bertz CT molecular complexity index is 988. The van der Waals surface area contributed by atoms with Gasteiger partial charge < -0.3 is 10.2 Å². The van der Waals surface area contributed by atoms with Gasteiger partial charge in [0.15, 0.2) is 0 Å². The summed E-state index contributed by atoms with van der Waals surface area (Å²) in [7, 11) is -2.10. The molecule has 0 atom stereocenters. The van der Waals surface area contributed by atoms with E-state index in [9.17, 15) is 18.0 Å². The van der Waals surface area contributed by atoms with Gasteiger partial charge in [0.1, 0.15) is 0 Å². The summed E-state index contributed by atoms with van der Waals surface area (Å²) in [5.41, 5.74) is 1.81. The van der Waals surface area contributed by atoms with Crippen molar-refractivity contribution in [3.63, 3.8) is 0 Å². The molecule has 1 aliphatic rings. The molecule has 0 unspecified atom stereocenters. The summed E-state index contributed by atoms with van der Waals surface area (Å²) in [6.07, 6.45) is 2.43. The van der Waals surface area contributed by atoms with Crippen molar-refractivity contribution in [3.8, 4) is 0 Å². The number of amides is 2. The predicted molar refractivity (Wildman–Crippen MR) is 106 cm³/mol. The van der Waals surface area contributed by atoms with Crippen molar-refractivity contribution in [2.45, 2.75) is 12.8 Å². The molecular weight excluding hydrogens is 366 g/mol. The summed E-state index contributed by atoms with van der Waals surface area (Å²) in [6.45, 7) is 0.665. The molecule has 2 aromatic carbocycles. The summed E-state index contributed by atoms with van der Waals surface area (Å²) in [5, 5.41) is 2.79. The topological polar surface area (TPSA) is 86.8 Å². The Morgan fingerprint density at radius 3 is 2.56 bits per heavy atom. The molecule has 1 N–H and O–H groups in total. The van der Waals surface area contributed by atoms with Crippen molar-refractivity contribution in [2.24, 2.45) is 0 Å². The summed E-state index contributed by atoms with van der Waals surface area (Å²) < 4.78 is 24.8.